The summed E-state index contributed by atoms with van der Waals surface area (Å²) in [6, 6.07) is 4.75. The van der Waals surface area contributed by atoms with Crippen LogP contribution >= 0.6 is 0 Å². The first-order valence-corrected chi connectivity index (χ1v) is 6.39. The van der Waals surface area contributed by atoms with Crippen LogP contribution in [0.4, 0.5) is 4.39 Å². The number of halogens is 1. The second-order valence-electron chi connectivity index (χ2n) is 4.49. The summed E-state index contributed by atoms with van der Waals surface area (Å²) in [5.41, 5.74) is 5.66. The minimum Gasteiger partial charge on any atom is -0.497 e. The number of primary amides is 1. The molecule has 106 valence electrons. The number of amides is 1. The molecule has 0 radical (unpaired) electrons. The molecule has 1 atom stereocenters. The Morgan fingerprint density at radius 3 is 2.79 bits per heavy atom. The first-order valence-electron chi connectivity index (χ1n) is 6.39. The van der Waals surface area contributed by atoms with E-state index in [9.17, 15) is 9.18 Å². The number of unbranched alkanes of at least 4 members (excludes halogenated alkanes) is 1. The molecule has 1 aromatic carbocycles. The third-order valence-corrected chi connectivity index (χ3v) is 2.97. The van der Waals surface area contributed by atoms with E-state index in [0.29, 0.717) is 17.7 Å². The summed E-state index contributed by atoms with van der Waals surface area (Å²) in [6.45, 7) is 2.62. The van der Waals surface area contributed by atoms with Gasteiger partial charge in [-0.25, -0.2) is 4.39 Å². The molecule has 0 bridgehead atoms. The zero-order valence-corrected chi connectivity index (χ0v) is 11.4. The summed E-state index contributed by atoms with van der Waals surface area (Å²) in [7, 11) is 1.51. The number of carbonyl (C=O) groups excluding carboxylic acids is 1. The Bertz CT molecular complexity index is 424. The van der Waals surface area contributed by atoms with Crippen molar-refractivity contribution in [3.8, 4) is 5.75 Å². The molecule has 1 unspecified atom stereocenters. The number of ether oxygens (including phenoxy) is 1. The topological polar surface area (TPSA) is 64.3 Å². The van der Waals surface area contributed by atoms with E-state index in [2.05, 4.69) is 5.32 Å². The number of methoxy groups -OCH3 is 1. The van der Waals surface area contributed by atoms with Crippen LogP contribution in [0.25, 0.3) is 0 Å². The lowest BCUT2D eigenvalue weighted by Gasteiger charge is -2.15. The van der Waals surface area contributed by atoms with E-state index in [-0.39, 0.29) is 17.8 Å². The molecule has 0 fully saturated rings. The first kappa shape index (κ1) is 15.4. The standard InChI is InChI=1S/C14H21FN2O2/c1-10(17-8-4-3-5-14(16)18)12-7-6-11(19-2)9-13(12)15/h6-7,9-10,17H,3-5,8H2,1-2H3,(H2,16,18). The highest BCUT2D eigenvalue weighted by Gasteiger charge is 2.11. The monoisotopic (exact) mass is 268 g/mol. The number of rotatable bonds is 8. The summed E-state index contributed by atoms with van der Waals surface area (Å²) in [5, 5.41) is 3.22. The molecule has 0 aliphatic heterocycles. The van der Waals surface area contributed by atoms with Gasteiger partial charge in [0.1, 0.15) is 11.6 Å². The van der Waals surface area contributed by atoms with E-state index in [0.717, 1.165) is 19.4 Å². The second kappa shape index (κ2) is 7.74. The number of hydrogen-bond donors (Lipinski definition) is 2. The Morgan fingerprint density at radius 1 is 1.47 bits per heavy atom. The van der Waals surface area contributed by atoms with Crippen molar-refractivity contribution in [3.05, 3.63) is 29.6 Å². The van der Waals surface area contributed by atoms with Crippen molar-refractivity contribution in [1.82, 2.24) is 5.32 Å². The van der Waals surface area contributed by atoms with Gasteiger partial charge in [-0.05, 0) is 32.4 Å². The molecule has 0 aromatic heterocycles. The van der Waals surface area contributed by atoms with E-state index in [1.165, 1.54) is 13.2 Å². The lowest BCUT2D eigenvalue weighted by molar-refractivity contribution is -0.118. The number of nitrogens with one attached hydrogen (secondary N) is 1. The summed E-state index contributed by atoms with van der Waals surface area (Å²) >= 11 is 0. The Morgan fingerprint density at radius 2 is 2.21 bits per heavy atom. The second-order valence-corrected chi connectivity index (χ2v) is 4.49. The lowest BCUT2D eigenvalue weighted by atomic mass is 10.1. The minimum absolute atomic E-state index is 0.0838. The normalized spacial score (nSPS) is 12.2. The zero-order chi connectivity index (χ0) is 14.3. The van der Waals surface area contributed by atoms with Crippen molar-refractivity contribution in [1.29, 1.82) is 0 Å². The molecule has 0 saturated carbocycles. The summed E-state index contributed by atoms with van der Waals surface area (Å²) in [5.74, 6) is -0.0550. The van der Waals surface area contributed by atoms with E-state index in [1.807, 2.05) is 6.92 Å². The lowest BCUT2D eigenvalue weighted by Crippen LogP contribution is -2.21. The van der Waals surface area contributed by atoms with Crippen LogP contribution in [0.1, 0.15) is 37.8 Å². The predicted octanol–water partition coefficient (Wildman–Crippen LogP) is 2.14. The van der Waals surface area contributed by atoms with Gasteiger partial charge in [0.2, 0.25) is 5.91 Å². The largest absolute Gasteiger partial charge is 0.497 e. The fourth-order valence-electron chi connectivity index (χ4n) is 1.84. The summed E-state index contributed by atoms with van der Waals surface area (Å²) in [6.07, 6.45) is 1.98. The molecule has 0 aliphatic carbocycles. The maximum atomic E-state index is 13.8. The molecule has 1 amide bonds. The SMILES string of the molecule is COc1ccc(C(C)NCCCCC(N)=O)c(F)c1. The molecule has 19 heavy (non-hydrogen) atoms. The fourth-order valence-corrected chi connectivity index (χ4v) is 1.84. The van der Waals surface area contributed by atoms with Gasteiger partial charge in [0.15, 0.2) is 0 Å². The quantitative estimate of drug-likeness (QED) is 0.710. The van der Waals surface area contributed by atoms with E-state index < -0.39 is 0 Å². The number of benzene rings is 1. The summed E-state index contributed by atoms with van der Waals surface area (Å²) < 4.78 is 18.7. The van der Waals surface area contributed by atoms with Crippen LogP contribution < -0.4 is 15.8 Å². The van der Waals surface area contributed by atoms with Gasteiger partial charge < -0.3 is 15.8 Å². The van der Waals surface area contributed by atoms with Crippen molar-refractivity contribution in [2.75, 3.05) is 13.7 Å². The Balaban J connectivity index is 2.40. The maximum Gasteiger partial charge on any atom is 0.217 e. The third-order valence-electron chi connectivity index (χ3n) is 2.97. The van der Waals surface area contributed by atoms with Crippen LogP contribution in [0.5, 0.6) is 5.75 Å². The maximum absolute atomic E-state index is 13.8. The van der Waals surface area contributed by atoms with Crippen molar-refractivity contribution in [2.24, 2.45) is 5.73 Å². The Labute approximate surface area is 113 Å². The van der Waals surface area contributed by atoms with Crippen molar-refractivity contribution < 1.29 is 13.9 Å². The van der Waals surface area contributed by atoms with Gasteiger partial charge >= 0.3 is 0 Å². The van der Waals surface area contributed by atoms with Crippen LogP contribution in [-0.2, 0) is 4.79 Å². The molecule has 5 heteroatoms. The van der Waals surface area contributed by atoms with Crippen molar-refractivity contribution >= 4 is 5.91 Å². The average Bonchev–Trinajstić information content (AvgIpc) is 2.37. The van der Waals surface area contributed by atoms with Gasteiger partial charge in [-0.2, -0.15) is 0 Å². The highest BCUT2D eigenvalue weighted by molar-refractivity contribution is 5.73. The number of hydrogen-bond acceptors (Lipinski definition) is 3. The minimum atomic E-state index is -0.283. The molecule has 1 aromatic rings. The Hall–Kier alpha value is -1.62. The fraction of sp³-hybridized carbons (Fsp3) is 0.500. The van der Waals surface area contributed by atoms with Crippen LogP contribution in [0.2, 0.25) is 0 Å². The van der Waals surface area contributed by atoms with Gasteiger partial charge in [-0.1, -0.05) is 6.07 Å². The highest BCUT2D eigenvalue weighted by Crippen LogP contribution is 2.21. The summed E-state index contributed by atoms with van der Waals surface area (Å²) in [4.78, 5) is 10.6. The molecule has 0 heterocycles. The Kier molecular flexibility index (Phi) is 6.29. The van der Waals surface area contributed by atoms with Crippen LogP contribution in [0.3, 0.4) is 0 Å². The van der Waals surface area contributed by atoms with Gasteiger partial charge in [-0.15, -0.1) is 0 Å². The zero-order valence-electron chi connectivity index (χ0n) is 11.4. The van der Waals surface area contributed by atoms with Gasteiger partial charge in [0.05, 0.1) is 7.11 Å². The number of carbonyl (C=O) groups is 1. The van der Waals surface area contributed by atoms with E-state index in [4.69, 9.17) is 10.5 Å². The van der Waals surface area contributed by atoms with Crippen molar-refractivity contribution in [2.45, 2.75) is 32.2 Å². The molecular formula is C14H21FN2O2. The molecule has 1 rings (SSSR count). The van der Waals surface area contributed by atoms with Crippen LogP contribution in [0.15, 0.2) is 18.2 Å². The smallest absolute Gasteiger partial charge is 0.217 e. The van der Waals surface area contributed by atoms with Gasteiger partial charge in [-0.3, -0.25) is 4.79 Å². The molecular weight excluding hydrogens is 247 g/mol. The van der Waals surface area contributed by atoms with Crippen LogP contribution in [-0.4, -0.2) is 19.6 Å². The molecule has 3 N–H and O–H groups in total. The molecule has 0 aliphatic rings. The van der Waals surface area contributed by atoms with Crippen molar-refractivity contribution in [3.63, 3.8) is 0 Å². The van der Waals surface area contributed by atoms with Gasteiger partial charge in [0.25, 0.3) is 0 Å². The average molecular weight is 268 g/mol. The molecule has 0 saturated heterocycles. The molecule has 4 nitrogen and oxygen atoms in total. The molecule has 0 spiro atoms. The highest BCUT2D eigenvalue weighted by atomic mass is 19.1. The predicted molar refractivity (Wildman–Crippen MR) is 72.4 cm³/mol. The van der Waals surface area contributed by atoms with Gasteiger partial charge in [0, 0.05) is 24.1 Å². The number of nitrogens with two attached hydrogens (primary N) is 1. The van der Waals surface area contributed by atoms with Crippen LogP contribution in [0, 0.1) is 5.82 Å². The third kappa shape index (κ3) is 5.26. The first-order chi connectivity index (χ1) is 9.04. The van der Waals surface area contributed by atoms with E-state index >= 15 is 0 Å². The van der Waals surface area contributed by atoms with E-state index in [1.54, 1.807) is 12.1 Å².